The second-order valence-electron chi connectivity index (χ2n) is 5.72. The molecule has 3 rings (SSSR count). The molecule has 0 unspecified atom stereocenters. The third-order valence-corrected chi connectivity index (χ3v) is 5.78. The number of nitrogens with two attached hydrogens (primary N) is 2. The van der Waals surface area contributed by atoms with Gasteiger partial charge in [0.1, 0.15) is 0 Å². The molecule has 0 heterocycles. The third-order valence-electron chi connectivity index (χ3n) is 3.92. The van der Waals surface area contributed by atoms with Crippen LogP contribution in [-0.4, -0.2) is 16.8 Å². The zero-order valence-electron chi connectivity index (χ0n) is 13.5. The lowest BCUT2D eigenvalue weighted by Gasteiger charge is -2.07. The standard InChI is InChI=1S/C18H16N2O4S2/c19-25(21,22)17-9-5-15(6-10-17)13-1-2-14(4-3-13)16-7-11-18(12-8-16)26(20,23)24/h1-12H,(H2,19,21,22)(H2,20,23,24). The van der Waals surface area contributed by atoms with E-state index in [1.807, 2.05) is 24.3 Å². The monoisotopic (exact) mass is 388 g/mol. The molecule has 0 aliphatic rings. The van der Waals surface area contributed by atoms with Gasteiger partial charge in [-0.05, 0) is 46.5 Å². The summed E-state index contributed by atoms with van der Waals surface area (Å²) >= 11 is 0. The van der Waals surface area contributed by atoms with Gasteiger partial charge in [0, 0.05) is 0 Å². The van der Waals surface area contributed by atoms with Gasteiger partial charge in [-0.1, -0.05) is 48.5 Å². The van der Waals surface area contributed by atoms with Crippen LogP contribution in [0.5, 0.6) is 0 Å². The van der Waals surface area contributed by atoms with E-state index < -0.39 is 20.0 Å². The molecule has 6 nitrogen and oxygen atoms in total. The summed E-state index contributed by atoms with van der Waals surface area (Å²) in [5.74, 6) is 0. The van der Waals surface area contributed by atoms with Crippen molar-refractivity contribution < 1.29 is 16.8 Å². The molecule has 0 radical (unpaired) electrons. The van der Waals surface area contributed by atoms with Gasteiger partial charge in [0.25, 0.3) is 0 Å². The highest BCUT2D eigenvalue weighted by Crippen LogP contribution is 2.26. The molecular weight excluding hydrogens is 372 g/mol. The lowest BCUT2D eigenvalue weighted by Crippen LogP contribution is -2.11. The fourth-order valence-electron chi connectivity index (χ4n) is 2.53. The quantitative estimate of drug-likeness (QED) is 0.712. The van der Waals surface area contributed by atoms with E-state index >= 15 is 0 Å². The number of sulfonamides is 2. The first kappa shape index (κ1) is 18.3. The molecule has 0 aliphatic heterocycles. The first-order chi connectivity index (χ1) is 12.1. The van der Waals surface area contributed by atoms with Crippen LogP contribution in [0.25, 0.3) is 22.3 Å². The number of rotatable bonds is 4. The second-order valence-corrected chi connectivity index (χ2v) is 8.84. The Balaban J connectivity index is 1.87. The van der Waals surface area contributed by atoms with Crippen molar-refractivity contribution in [2.24, 2.45) is 10.3 Å². The van der Waals surface area contributed by atoms with Crippen LogP contribution in [0, 0.1) is 0 Å². The smallest absolute Gasteiger partial charge is 0.225 e. The van der Waals surface area contributed by atoms with E-state index in [0.717, 1.165) is 22.3 Å². The minimum absolute atomic E-state index is 0.0628. The van der Waals surface area contributed by atoms with Crippen molar-refractivity contribution in [1.82, 2.24) is 0 Å². The van der Waals surface area contributed by atoms with E-state index in [-0.39, 0.29) is 9.79 Å². The first-order valence-corrected chi connectivity index (χ1v) is 10.6. The minimum Gasteiger partial charge on any atom is -0.225 e. The summed E-state index contributed by atoms with van der Waals surface area (Å²) in [6, 6.07) is 20.2. The van der Waals surface area contributed by atoms with Crippen LogP contribution in [0.15, 0.2) is 82.6 Å². The predicted molar refractivity (Wildman–Crippen MR) is 100 cm³/mol. The molecule has 0 aromatic heterocycles. The lowest BCUT2D eigenvalue weighted by atomic mass is 10.0. The zero-order valence-corrected chi connectivity index (χ0v) is 15.2. The van der Waals surface area contributed by atoms with E-state index in [1.165, 1.54) is 24.3 Å². The molecule has 0 spiro atoms. The van der Waals surface area contributed by atoms with E-state index in [2.05, 4.69) is 0 Å². The van der Waals surface area contributed by atoms with Crippen LogP contribution in [0.3, 0.4) is 0 Å². The van der Waals surface area contributed by atoms with Crippen LogP contribution in [0.2, 0.25) is 0 Å². The van der Waals surface area contributed by atoms with Gasteiger partial charge >= 0.3 is 0 Å². The summed E-state index contributed by atoms with van der Waals surface area (Å²) in [5.41, 5.74) is 3.54. The average molecular weight is 388 g/mol. The molecule has 0 fully saturated rings. The van der Waals surface area contributed by atoms with Crippen LogP contribution in [0.1, 0.15) is 0 Å². The molecule has 0 saturated carbocycles. The minimum atomic E-state index is -3.71. The summed E-state index contributed by atoms with van der Waals surface area (Å²) in [7, 11) is -7.42. The molecule has 3 aromatic carbocycles. The van der Waals surface area contributed by atoms with Crippen molar-refractivity contribution in [3.05, 3.63) is 72.8 Å². The first-order valence-electron chi connectivity index (χ1n) is 7.51. The Bertz CT molecular complexity index is 1040. The van der Waals surface area contributed by atoms with Gasteiger partial charge in [0.2, 0.25) is 20.0 Å². The molecule has 8 heteroatoms. The van der Waals surface area contributed by atoms with Crippen molar-refractivity contribution in [3.63, 3.8) is 0 Å². The van der Waals surface area contributed by atoms with E-state index in [0.29, 0.717) is 0 Å². The molecule has 26 heavy (non-hydrogen) atoms. The normalized spacial score (nSPS) is 12.1. The zero-order chi connectivity index (χ0) is 18.9. The SMILES string of the molecule is NS(=O)(=O)c1ccc(-c2ccc(-c3ccc(S(N)(=O)=O)cc3)cc2)cc1. The predicted octanol–water partition coefficient (Wildman–Crippen LogP) is 2.32. The Morgan fingerprint density at radius 2 is 0.615 bits per heavy atom. The fraction of sp³-hybridized carbons (Fsp3) is 0. The van der Waals surface area contributed by atoms with Gasteiger partial charge < -0.3 is 0 Å². The largest absolute Gasteiger partial charge is 0.238 e. The van der Waals surface area contributed by atoms with Crippen molar-refractivity contribution in [3.8, 4) is 22.3 Å². The summed E-state index contributed by atoms with van der Waals surface area (Å²) in [5, 5.41) is 10.2. The van der Waals surface area contributed by atoms with Crippen molar-refractivity contribution in [2.75, 3.05) is 0 Å². The summed E-state index contributed by atoms with van der Waals surface area (Å²) in [6.45, 7) is 0. The van der Waals surface area contributed by atoms with Gasteiger partial charge in [-0.2, -0.15) is 0 Å². The topological polar surface area (TPSA) is 120 Å². The molecule has 0 amide bonds. The van der Waals surface area contributed by atoms with Gasteiger partial charge in [-0.3, -0.25) is 0 Å². The number of benzene rings is 3. The highest BCUT2D eigenvalue weighted by Gasteiger charge is 2.09. The van der Waals surface area contributed by atoms with E-state index in [1.54, 1.807) is 24.3 Å². The van der Waals surface area contributed by atoms with Crippen LogP contribution in [-0.2, 0) is 20.0 Å². The van der Waals surface area contributed by atoms with E-state index in [9.17, 15) is 16.8 Å². The maximum Gasteiger partial charge on any atom is 0.238 e. The van der Waals surface area contributed by atoms with Gasteiger partial charge in [0.15, 0.2) is 0 Å². The molecular formula is C18H16N2O4S2. The highest BCUT2D eigenvalue weighted by atomic mass is 32.2. The average Bonchev–Trinajstić information content (AvgIpc) is 2.61. The Kier molecular flexibility index (Phi) is 4.68. The van der Waals surface area contributed by atoms with Crippen molar-refractivity contribution >= 4 is 20.0 Å². The van der Waals surface area contributed by atoms with Crippen LogP contribution in [0.4, 0.5) is 0 Å². The Morgan fingerprint density at radius 3 is 0.808 bits per heavy atom. The summed E-state index contributed by atoms with van der Waals surface area (Å²) < 4.78 is 45.2. The van der Waals surface area contributed by atoms with E-state index in [4.69, 9.17) is 10.3 Å². The number of hydrogen-bond donors (Lipinski definition) is 2. The summed E-state index contributed by atoms with van der Waals surface area (Å²) in [6.07, 6.45) is 0. The Labute approximate surface area is 152 Å². The van der Waals surface area contributed by atoms with Gasteiger partial charge in [0.05, 0.1) is 9.79 Å². The molecule has 0 atom stereocenters. The maximum atomic E-state index is 11.3. The van der Waals surface area contributed by atoms with Gasteiger partial charge in [-0.15, -0.1) is 0 Å². The molecule has 134 valence electrons. The fourth-order valence-corrected chi connectivity index (χ4v) is 3.56. The maximum absolute atomic E-state index is 11.3. The van der Waals surface area contributed by atoms with Crippen molar-refractivity contribution in [2.45, 2.75) is 9.79 Å². The van der Waals surface area contributed by atoms with Crippen LogP contribution < -0.4 is 10.3 Å². The second kappa shape index (κ2) is 6.65. The number of primary sulfonamides is 2. The lowest BCUT2D eigenvalue weighted by molar-refractivity contribution is 0.596. The summed E-state index contributed by atoms with van der Waals surface area (Å²) in [4.78, 5) is 0.126. The molecule has 0 aliphatic carbocycles. The highest BCUT2D eigenvalue weighted by molar-refractivity contribution is 7.89. The Morgan fingerprint density at radius 1 is 0.423 bits per heavy atom. The Hall–Kier alpha value is -2.52. The molecule has 4 N–H and O–H groups in total. The number of hydrogen-bond acceptors (Lipinski definition) is 4. The van der Waals surface area contributed by atoms with Gasteiger partial charge in [-0.25, -0.2) is 27.1 Å². The molecule has 3 aromatic rings. The van der Waals surface area contributed by atoms with Crippen molar-refractivity contribution in [1.29, 1.82) is 0 Å². The van der Waals surface area contributed by atoms with Crippen LogP contribution >= 0.6 is 0 Å². The molecule has 0 bridgehead atoms. The molecule has 0 saturated heterocycles. The third kappa shape index (κ3) is 4.00.